The van der Waals surface area contributed by atoms with Crippen LogP contribution in [-0.4, -0.2) is 61.5 Å². The van der Waals surface area contributed by atoms with E-state index in [-0.39, 0.29) is 5.91 Å². The molecule has 0 aliphatic carbocycles. The van der Waals surface area contributed by atoms with Gasteiger partial charge < -0.3 is 10.2 Å². The van der Waals surface area contributed by atoms with Crippen LogP contribution >= 0.6 is 0 Å². The molecule has 0 bridgehead atoms. The number of carbonyl (C=O) groups excluding carboxylic acids is 1. The number of nitrogens with zero attached hydrogens (tertiary/aromatic N) is 2. The number of hydrogen-bond donors (Lipinski definition) is 1. The minimum atomic E-state index is 0.285. The molecular weight excluding hydrogens is 190 g/mol. The zero-order valence-corrected chi connectivity index (χ0v) is 10.1. The van der Waals surface area contributed by atoms with Crippen molar-refractivity contribution in [2.45, 2.75) is 26.3 Å². The van der Waals surface area contributed by atoms with Crippen molar-refractivity contribution in [2.24, 2.45) is 0 Å². The van der Waals surface area contributed by atoms with Gasteiger partial charge in [0.2, 0.25) is 5.91 Å². The summed E-state index contributed by atoms with van der Waals surface area (Å²) < 4.78 is 0. The van der Waals surface area contributed by atoms with Gasteiger partial charge >= 0.3 is 0 Å². The Bertz CT molecular complexity index is 198. The van der Waals surface area contributed by atoms with Gasteiger partial charge in [0.15, 0.2) is 0 Å². The SMILES string of the molecule is CNCCC(=O)N1CCN(C(C)C)CC1. The van der Waals surface area contributed by atoms with Crippen molar-refractivity contribution >= 4 is 5.91 Å². The van der Waals surface area contributed by atoms with Gasteiger partial charge in [0.05, 0.1) is 0 Å². The van der Waals surface area contributed by atoms with Gasteiger partial charge in [-0.25, -0.2) is 0 Å². The Morgan fingerprint density at radius 1 is 1.27 bits per heavy atom. The maximum atomic E-state index is 11.7. The highest BCUT2D eigenvalue weighted by atomic mass is 16.2. The Morgan fingerprint density at radius 3 is 2.33 bits per heavy atom. The fourth-order valence-corrected chi connectivity index (χ4v) is 1.88. The minimum absolute atomic E-state index is 0.285. The van der Waals surface area contributed by atoms with Crippen LogP contribution in [0.1, 0.15) is 20.3 Å². The highest BCUT2D eigenvalue weighted by molar-refractivity contribution is 5.76. The molecule has 0 atom stereocenters. The van der Waals surface area contributed by atoms with Gasteiger partial charge in [-0.05, 0) is 20.9 Å². The van der Waals surface area contributed by atoms with Crippen LogP contribution in [0.3, 0.4) is 0 Å². The maximum absolute atomic E-state index is 11.7. The van der Waals surface area contributed by atoms with E-state index in [4.69, 9.17) is 0 Å². The second-order valence-electron chi connectivity index (χ2n) is 4.36. The Balaban J connectivity index is 2.27. The summed E-state index contributed by atoms with van der Waals surface area (Å²) in [7, 11) is 1.88. The van der Waals surface area contributed by atoms with Crippen LogP contribution < -0.4 is 5.32 Å². The van der Waals surface area contributed by atoms with Crippen molar-refractivity contribution in [3.63, 3.8) is 0 Å². The third-order valence-corrected chi connectivity index (χ3v) is 2.99. The maximum Gasteiger partial charge on any atom is 0.223 e. The molecule has 4 nitrogen and oxygen atoms in total. The third kappa shape index (κ3) is 3.80. The molecule has 0 saturated carbocycles. The summed E-state index contributed by atoms with van der Waals surface area (Å²) in [5, 5.41) is 3.01. The quantitative estimate of drug-likeness (QED) is 0.722. The van der Waals surface area contributed by atoms with Crippen molar-refractivity contribution in [3.05, 3.63) is 0 Å². The molecule has 0 aromatic carbocycles. The molecular formula is C11H23N3O. The molecule has 0 aromatic rings. The Labute approximate surface area is 92.6 Å². The van der Waals surface area contributed by atoms with Gasteiger partial charge in [-0.15, -0.1) is 0 Å². The highest BCUT2D eigenvalue weighted by Crippen LogP contribution is 2.06. The average Bonchev–Trinajstić information content (AvgIpc) is 2.26. The highest BCUT2D eigenvalue weighted by Gasteiger charge is 2.21. The summed E-state index contributed by atoms with van der Waals surface area (Å²) in [5.41, 5.74) is 0. The molecule has 0 spiro atoms. The number of carbonyl (C=O) groups is 1. The van der Waals surface area contributed by atoms with E-state index in [1.165, 1.54) is 0 Å². The molecule has 1 N–H and O–H groups in total. The van der Waals surface area contributed by atoms with Gasteiger partial charge in [-0.2, -0.15) is 0 Å². The van der Waals surface area contributed by atoms with Gasteiger partial charge in [0.25, 0.3) is 0 Å². The van der Waals surface area contributed by atoms with Crippen LogP contribution in [0.25, 0.3) is 0 Å². The fraction of sp³-hybridized carbons (Fsp3) is 0.909. The van der Waals surface area contributed by atoms with Crippen molar-refractivity contribution in [1.29, 1.82) is 0 Å². The molecule has 1 amide bonds. The van der Waals surface area contributed by atoms with E-state index in [1.807, 2.05) is 11.9 Å². The van der Waals surface area contributed by atoms with E-state index in [2.05, 4.69) is 24.1 Å². The Hall–Kier alpha value is -0.610. The number of piperazine rings is 1. The number of hydrogen-bond acceptors (Lipinski definition) is 3. The lowest BCUT2D eigenvalue weighted by Gasteiger charge is -2.37. The standard InChI is InChI=1S/C11H23N3O/c1-10(2)13-6-8-14(9-7-13)11(15)4-5-12-3/h10,12H,4-9H2,1-3H3. The minimum Gasteiger partial charge on any atom is -0.340 e. The van der Waals surface area contributed by atoms with Crippen LogP contribution in [0.4, 0.5) is 0 Å². The lowest BCUT2D eigenvalue weighted by Crippen LogP contribution is -2.51. The van der Waals surface area contributed by atoms with E-state index in [0.717, 1.165) is 32.7 Å². The molecule has 1 aliphatic rings. The Morgan fingerprint density at radius 2 is 1.87 bits per heavy atom. The Kier molecular flexibility index (Phi) is 5.05. The van der Waals surface area contributed by atoms with Crippen LogP contribution in [0, 0.1) is 0 Å². The van der Waals surface area contributed by atoms with Crippen molar-refractivity contribution < 1.29 is 4.79 Å². The monoisotopic (exact) mass is 213 g/mol. The molecule has 0 radical (unpaired) electrons. The van der Waals surface area contributed by atoms with Crippen molar-refractivity contribution in [2.75, 3.05) is 39.8 Å². The first kappa shape index (κ1) is 12.5. The van der Waals surface area contributed by atoms with Gasteiger partial charge in [-0.3, -0.25) is 9.69 Å². The third-order valence-electron chi connectivity index (χ3n) is 2.99. The average molecular weight is 213 g/mol. The molecule has 1 aliphatic heterocycles. The van der Waals surface area contributed by atoms with Crippen LogP contribution in [0.2, 0.25) is 0 Å². The van der Waals surface area contributed by atoms with Gasteiger partial charge in [0, 0.05) is 45.2 Å². The summed E-state index contributed by atoms with van der Waals surface area (Å²) in [6.45, 7) is 9.01. The fourth-order valence-electron chi connectivity index (χ4n) is 1.88. The second-order valence-corrected chi connectivity index (χ2v) is 4.36. The summed E-state index contributed by atoms with van der Waals surface area (Å²) in [6.07, 6.45) is 0.623. The second kappa shape index (κ2) is 6.08. The van der Waals surface area contributed by atoms with Gasteiger partial charge in [0.1, 0.15) is 0 Å². The normalized spacial score (nSPS) is 18.5. The first-order valence-electron chi connectivity index (χ1n) is 5.81. The predicted molar refractivity (Wildman–Crippen MR) is 61.8 cm³/mol. The van der Waals surface area contributed by atoms with Crippen LogP contribution in [0.15, 0.2) is 0 Å². The van der Waals surface area contributed by atoms with Crippen molar-refractivity contribution in [3.8, 4) is 0 Å². The van der Waals surface area contributed by atoms with E-state index >= 15 is 0 Å². The van der Waals surface area contributed by atoms with Crippen LogP contribution in [-0.2, 0) is 4.79 Å². The molecule has 1 saturated heterocycles. The number of amides is 1. The van der Waals surface area contributed by atoms with Crippen molar-refractivity contribution in [1.82, 2.24) is 15.1 Å². The molecule has 1 heterocycles. The number of nitrogens with one attached hydrogen (secondary N) is 1. The number of rotatable bonds is 4. The van der Waals surface area contributed by atoms with E-state index in [1.54, 1.807) is 0 Å². The zero-order chi connectivity index (χ0) is 11.3. The molecule has 0 unspecified atom stereocenters. The van der Waals surface area contributed by atoms with E-state index in [9.17, 15) is 4.79 Å². The molecule has 1 fully saturated rings. The topological polar surface area (TPSA) is 35.6 Å². The predicted octanol–water partition coefficient (Wildman–Crippen LogP) is 0.149. The first-order valence-corrected chi connectivity index (χ1v) is 5.81. The summed E-state index contributed by atoms with van der Waals surface area (Å²) in [4.78, 5) is 16.1. The lowest BCUT2D eigenvalue weighted by atomic mass is 10.2. The molecule has 4 heteroatoms. The molecule has 88 valence electrons. The summed E-state index contributed by atoms with van der Waals surface area (Å²) >= 11 is 0. The van der Waals surface area contributed by atoms with Gasteiger partial charge in [-0.1, -0.05) is 0 Å². The summed E-state index contributed by atoms with van der Waals surface area (Å²) in [6, 6.07) is 0.597. The molecule has 1 rings (SSSR count). The zero-order valence-electron chi connectivity index (χ0n) is 10.1. The lowest BCUT2D eigenvalue weighted by molar-refractivity contribution is -0.133. The summed E-state index contributed by atoms with van der Waals surface area (Å²) in [5.74, 6) is 0.285. The molecule has 15 heavy (non-hydrogen) atoms. The smallest absolute Gasteiger partial charge is 0.223 e. The molecule has 0 aromatic heterocycles. The van der Waals surface area contributed by atoms with E-state index in [0.29, 0.717) is 12.5 Å². The van der Waals surface area contributed by atoms with Crippen LogP contribution in [0.5, 0.6) is 0 Å². The first-order chi connectivity index (χ1) is 7.15. The van der Waals surface area contributed by atoms with E-state index < -0.39 is 0 Å². The largest absolute Gasteiger partial charge is 0.340 e.